The summed E-state index contributed by atoms with van der Waals surface area (Å²) in [5.41, 5.74) is 1.50. The van der Waals surface area contributed by atoms with Gasteiger partial charge in [-0.25, -0.2) is 4.68 Å². The highest BCUT2D eigenvalue weighted by Gasteiger charge is 2.06. The summed E-state index contributed by atoms with van der Waals surface area (Å²) in [6, 6.07) is 0. The molecule has 1 aromatic heterocycles. The zero-order valence-electron chi connectivity index (χ0n) is 8.22. The second kappa shape index (κ2) is 6.03. The fourth-order valence-corrected chi connectivity index (χ4v) is 1.81. The van der Waals surface area contributed by atoms with E-state index in [0.717, 1.165) is 17.5 Å². The van der Waals surface area contributed by atoms with Gasteiger partial charge < -0.3 is 0 Å². The van der Waals surface area contributed by atoms with Crippen molar-refractivity contribution in [1.29, 1.82) is 0 Å². The van der Waals surface area contributed by atoms with Crippen molar-refractivity contribution in [3.63, 3.8) is 0 Å². The number of tetrazole rings is 1. The van der Waals surface area contributed by atoms with Crippen LogP contribution in [0.2, 0.25) is 0 Å². The molecule has 0 bridgehead atoms. The lowest BCUT2D eigenvalue weighted by molar-refractivity contribution is 0.446. The Morgan fingerprint density at radius 2 is 2.36 bits per heavy atom. The molecule has 1 rings (SSSR count). The Labute approximate surface area is 92.7 Å². The van der Waals surface area contributed by atoms with Gasteiger partial charge in [0.2, 0.25) is 5.16 Å². The second-order valence-corrected chi connectivity index (χ2v) is 4.45. The molecule has 0 aliphatic carbocycles. The molecule has 6 heteroatoms. The summed E-state index contributed by atoms with van der Waals surface area (Å²) < 4.78 is 1.82. The first-order chi connectivity index (χ1) is 6.74. The molecule has 0 amide bonds. The molecule has 0 aliphatic rings. The largest absolute Gasteiger partial charge is 0.220 e. The van der Waals surface area contributed by atoms with Gasteiger partial charge in [0.15, 0.2) is 0 Å². The standard InChI is InChI=1S/C8H13ClN4S/c1-7(2)6-13-8(10-11-12-13)14-5-3-4-9/h3-4,7H,5-6H2,1-2H3. The summed E-state index contributed by atoms with van der Waals surface area (Å²) in [5, 5.41) is 12.3. The minimum absolute atomic E-state index is 0.543. The van der Waals surface area contributed by atoms with E-state index in [1.54, 1.807) is 11.8 Å². The van der Waals surface area contributed by atoms with Crippen molar-refractivity contribution in [3.05, 3.63) is 11.6 Å². The predicted octanol–water partition coefficient (Wildman–Crippen LogP) is 2.17. The number of thioether (sulfide) groups is 1. The number of aromatic nitrogens is 4. The molecule has 1 heterocycles. The lowest BCUT2D eigenvalue weighted by Crippen LogP contribution is -2.07. The molecule has 4 nitrogen and oxygen atoms in total. The summed E-state index contributed by atoms with van der Waals surface area (Å²) >= 11 is 6.99. The number of halogens is 1. The van der Waals surface area contributed by atoms with E-state index in [1.807, 2.05) is 10.8 Å². The molecule has 0 radical (unpaired) electrons. The maximum atomic E-state index is 5.41. The molecule has 0 atom stereocenters. The third-order valence-electron chi connectivity index (χ3n) is 1.43. The van der Waals surface area contributed by atoms with Crippen molar-refractivity contribution >= 4 is 23.4 Å². The molecule has 14 heavy (non-hydrogen) atoms. The lowest BCUT2D eigenvalue weighted by Gasteiger charge is -2.05. The monoisotopic (exact) mass is 232 g/mol. The number of hydrogen-bond donors (Lipinski definition) is 0. The highest BCUT2D eigenvalue weighted by atomic mass is 35.5. The molecule has 78 valence electrons. The minimum atomic E-state index is 0.543. The van der Waals surface area contributed by atoms with Gasteiger partial charge in [0.05, 0.1) is 0 Å². The maximum Gasteiger partial charge on any atom is 0.209 e. The molecular formula is C8H13ClN4S. The zero-order chi connectivity index (χ0) is 10.4. The highest BCUT2D eigenvalue weighted by molar-refractivity contribution is 7.99. The molecule has 1 aromatic rings. The molecule has 0 spiro atoms. The van der Waals surface area contributed by atoms with Crippen LogP contribution < -0.4 is 0 Å². The molecule has 0 fully saturated rings. The van der Waals surface area contributed by atoms with Crippen LogP contribution >= 0.6 is 23.4 Å². The van der Waals surface area contributed by atoms with Crippen molar-refractivity contribution in [2.24, 2.45) is 5.92 Å². The Morgan fingerprint density at radius 3 is 3.00 bits per heavy atom. The van der Waals surface area contributed by atoms with E-state index in [2.05, 4.69) is 29.4 Å². The van der Waals surface area contributed by atoms with E-state index in [1.165, 1.54) is 5.54 Å². The third kappa shape index (κ3) is 3.67. The van der Waals surface area contributed by atoms with Crippen molar-refractivity contribution in [2.75, 3.05) is 5.75 Å². The molecule has 0 N–H and O–H groups in total. The Balaban J connectivity index is 2.53. The first kappa shape index (κ1) is 11.5. The maximum absolute atomic E-state index is 5.41. The van der Waals surface area contributed by atoms with Crippen LogP contribution in [-0.4, -0.2) is 26.0 Å². The van der Waals surface area contributed by atoms with E-state index >= 15 is 0 Å². The minimum Gasteiger partial charge on any atom is -0.220 e. The van der Waals surface area contributed by atoms with Gasteiger partial charge >= 0.3 is 0 Å². The summed E-state index contributed by atoms with van der Waals surface area (Å²) in [4.78, 5) is 0. The van der Waals surface area contributed by atoms with Gasteiger partial charge in [-0.1, -0.05) is 43.3 Å². The number of nitrogens with zero attached hydrogens (tertiary/aromatic N) is 4. The zero-order valence-corrected chi connectivity index (χ0v) is 9.79. The second-order valence-electron chi connectivity index (χ2n) is 3.21. The number of hydrogen-bond acceptors (Lipinski definition) is 4. The molecule has 0 saturated heterocycles. The first-order valence-corrected chi connectivity index (χ1v) is 5.80. The van der Waals surface area contributed by atoms with Crippen molar-refractivity contribution in [3.8, 4) is 0 Å². The fourth-order valence-electron chi connectivity index (χ4n) is 0.919. The van der Waals surface area contributed by atoms with Gasteiger partial charge in [-0.15, -0.1) is 5.10 Å². The van der Waals surface area contributed by atoms with Crippen LogP contribution in [0.15, 0.2) is 16.8 Å². The van der Waals surface area contributed by atoms with Crippen molar-refractivity contribution in [2.45, 2.75) is 25.5 Å². The van der Waals surface area contributed by atoms with E-state index < -0.39 is 0 Å². The molecular weight excluding hydrogens is 220 g/mol. The summed E-state index contributed by atoms with van der Waals surface area (Å²) in [6.45, 7) is 5.11. The predicted molar refractivity (Wildman–Crippen MR) is 58.4 cm³/mol. The first-order valence-electron chi connectivity index (χ1n) is 4.38. The van der Waals surface area contributed by atoms with Gasteiger partial charge in [0.1, 0.15) is 0 Å². The Bertz CT molecular complexity index is 297. The van der Waals surface area contributed by atoms with Crippen LogP contribution in [0.5, 0.6) is 0 Å². The SMILES string of the molecule is CC(C)Cn1nnnc1SCC=CCl. The molecule has 0 unspecified atom stereocenters. The average Bonchev–Trinajstić information content (AvgIpc) is 2.52. The Morgan fingerprint density at radius 1 is 1.57 bits per heavy atom. The van der Waals surface area contributed by atoms with Gasteiger partial charge in [-0.05, 0) is 16.3 Å². The fraction of sp³-hybridized carbons (Fsp3) is 0.625. The third-order valence-corrected chi connectivity index (χ3v) is 2.52. The van der Waals surface area contributed by atoms with Crippen molar-refractivity contribution < 1.29 is 0 Å². The van der Waals surface area contributed by atoms with E-state index in [9.17, 15) is 0 Å². The van der Waals surface area contributed by atoms with Gasteiger partial charge in [-0.3, -0.25) is 0 Å². The van der Waals surface area contributed by atoms with E-state index in [0.29, 0.717) is 5.92 Å². The summed E-state index contributed by atoms with van der Waals surface area (Å²) in [7, 11) is 0. The van der Waals surface area contributed by atoms with Gasteiger partial charge in [0, 0.05) is 17.8 Å². The normalized spacial score (nSPS) is 11.7. The summed E-state index contributed by atoms with van der Waals surface area (Å²) in [5.74, 6) is 1.34. The van der Waals surface area contributed by atoms with Gasteiger partial charge in [-0.2, -0.15) is 0 Å². The molecule has 0 saturated carbocycles. The van der Waals surface area contributed by atoms with Crippen molar-refractivity contribution in [1.82, 2.24) is 20.2 Å². The van der Waals surface area contributed by atoms with Crippen LogP contribution in [0.4, 0.5) is 0 Å². The quantitative estimate of drug-likeness (QED) is 0.730. The smallest absolute Gasteiger partial charge is 0.209 e. The Hall–Kier alpha value is -0.550. The van der Waals surface area contributed by atoms with Crippen LogP contribution in [0.25, 0.3) is 0 Å². The summed E-state index contributed by atoms with van der Waals surface area (Å²) in [6.07, 6.45) is 1.86. The highest BCUT2D eigenvalue weighted by Crippen LogP contribution is 2.14. The van der Waals surface area contributed by atoms with Crippen LogP contribution in [-0.2, 0) is 6.54 Å². The average molecular weight is 233 g/mol. The van der Waals surface area contributed by atoms with Gasteiger partial charge in [0.25, 0.3) is 0 Å². The topological polar surface area (TPSA) is 43.6 Å². The lowest BCUT2D eigenvalue weighted by atomic mass is 10.2. The molecule has 0 aliphatic heterocycles. The molecule has 0 aromatic carbocycles. The number of rotatable bonds is 5. The van der Waals surface area contributed by atoms with E-state index in [4.69, 9.17) is 11.6 Å². The van der Waals surface area contributed by atoms with E-state index in [-0.39, 0.29) is 0 Å². The van der Waals surface area contributed by atoms with Crippen LogP contribution in [0, 0.1) is 5.92 Å². The van der Waals surface area contributed by atoms with Crippen LogP contribution in [0.3, 0.4) is 0 Å². The Kier molecular flexibility index (Phi) is 4.97. The van der Waals surface area contributed by atoms with Crippen LogP contribution in [0.1, 0.15) is 13.8 Å².